The fourth-order valence-corrected chi connectivity index (χ4v) is 6.30. The van der Waals surface area contributed by atoms with Crippen molar-refractivity contribution >= 4 is 51.4 Å². The second-order valence-electron chi connectivity index (χ2n) is 10.4. The Morgan fingerprint density at radius 3 is 2.70 bits per heavy atom. The molecule has 3 N–H and O–H groups in total. The lowest BCUT2D eigenvalue weighted by Crippen LogP contribution is -2.47. The Morgan fingerprint density at radius 1 is 1.11 bits per heavy atom. The summed E-state index contributed by atoms with van der Waals surface area (Å²) in [5.74, 6) is -0.431. The van der Waals surface area contributed by atoms with Crippen LogP contribution in [0.2, 0.25) is 0 Å². The summed E-state index contributed by atoms with van der Waals surface area (Å²) in [5, 5.41) is 7.59. The van der Waals surface area contributed by atoms with Crippen molar-refractivity contribution in [2.75, 3.05) is 69.7 Å². The number of halogens is 3. The van der Waals surface area contributed by atoms with Crippen molar-refractivity contribution in [2.45, 2.75) is 12.6 Å². The van der Waals surface area contributed by atoms with E-state index in [1.807, 2.05) is 4.90 Å². The molecule has 0 amide bonds. The number of aromatic nitrogens is 5. The summed E-state index contributed by atoms with van der Waals surface area (Å²) in [6, 6.07) is 5.77. The van der Waals surface area contributed by atoms with Gasteiger partial charge in [0, 0.05) is 64.5 Å². The minimum Gasteiger partial charge on any atom is -0.488 e. The number of fused-ring (bicyclic) bond motifs is 3. The number of nitrogens with one attached hydrogen (secondary N) is 1. The predicted octanol–water partition coefficient (Wildman–Crippen LogP) is 2.23. The maximum absolute atomic E-state index is 14.8. The Hall–Kier alpha value is -3.83. The number of furan rings is 1. The monoisotopic (exact) mass is 649 g/mol. The number of hydrogen-bond acceptors (Lipinski definition) is 12. The van der Waals surface area contributed by atoms with Gasteiger partial charge in [-0.2, -0.15) is 9.50 Å². The molecule has 5 aromatic rings. The highest BCUT2D eigenvalue weighted by atomic mass is 35.5. The molecule has 0 radical (unpaired) electrons. The highest BCUT2D eigenvalue weighted by molar-refractivity contribution is 7.17. The molecule has 0 bridgehead atoms. The number of nitrogen functional groups attached to an aromatic ring is 1. The van der Waals surface area contributed by atoms with Crippen molar-refractivity contribution in [2.24, 2.45) is 0 Å². The average molecular weight is 650 g/mol. The van der Waals surface area contributed by atoms with E-state index in [9.17, 15) is 13.6 Å². The second kappa shape index (κ2) is 12.6. The summed E-state index contributed by atoms with van der Waals surface area (Å²) in [6.07, 6.45) is 1.34. The zero-order chi connectivity index (χ0) is 29.5. The van der Waals surface area contributed by atoms with Crippen molar-refractivity contribution in [1.82, 2.24) is 34.4 Å². The number of ether oxygens (including phenoxy) is 2. The maximum Gasteiger partial charge on any atom is 0.309 e. The van der Waals surface area contributed by atoms with Gasteiger partial charge in [0.05, 0.1) is 18.6 Å². The summed E-state index contributed by atoms with van der Waals surface area (Å²) in [7, 11) is 0. The molecule has 0 spiro atoms. The van der Waals surface area contributed by atoms with Gasteiger partial charge in [-0.15, -0.1) is 17.5 Å². The van der Waals surface area contributed by atoms with Crippen molar-refractivity contribution in [3.05, 3.63) is 51.8 Å². The number of thiazole rings is 1. The highest BCUT2D eigenvalue weighted by Crippen LogP contribution is 2.30. The van der Waals surface area contributed by atoms with Gasteiger partial charge >= 0.3 is 4.87 Å². The molecule has 0 saturated carbocycles. The van der Waals surface area contributed by atoms with E-state index < -0.39 is 11.6 Å². The van der Waals surface area contributed by atoms with E-state index in [1.165, 1.54) is 16.8 Å². The molecule has 2 aliphatic heterocycles. The van der Waals surface area contributed by atoms with Gasteiger partial charge in [0.2, 0.25) is 11.8 Å². The topological polar surface area (TPSA) is 141 Å². The SMILES string of the molecule is Cl.Nc1nc2c(sc(=O)n2CCN2CCN(c3cc(OCC4CNCCO4)c(F)cc3F)CC2)c2nc(-c3ccco3)nn12. The van der Waals surface area contributed by atoms with Gasteiger partial charge in [-0.3, -0.25) is 14.3 Å². The van der Waals surface area contributed by atoms with Crippen LogP contribution in [0.5, 0.6) is 5.75 Å². The molecule has 0 aliphatic carbocycles. The van der Waals surface area contributed by atoms with Crippen molar-refractivity contribution < 1.29 is 22.7 Å². The zero-order valence-electron chi connectivity index (χ0n) is 23.4. The van der Waals surface area contributed by atoms with Crippen molar-refractivity contribution in [1.29, 1.82) is 0 Å². The molecule has 7 rings (SSSR count). The number of nitrogens with zero attached hydrogens (tertiary/aromatic N) is 7. The van der Waals surface area contributed by atoms with Gasteiger partial charge in [0.15, 0.2) is 28.6 Å². The van der Waals surface area contributed by atoms with Crippen LogP contribution in [-0.4, -0.2) is 94.2 Å². The molecule has 1 aromatic carbocycles. The molecule has 6 heterocycles. The number of anilines is 2. The van der Waals surface area contributed by atoms with Crippen LogP contribution in [-0.2, 0) is 11.3 Å². The summed E-state index contributed by atoms with van der Waals surface area (Å²) in [6.45, 7) is 5.40. The molecule has 4 aromatic heterocycles. The van der Waals surface area contributed by atoms with Gasteiger partial charge in [0.25, 0.3) is 0 Å². The molecular weight excluding hydrogens is 620 g/mol. The molecule has 2 fully saturated rings. The van der Waals surface area contributed by atoms with E-state index in [2.05, 4.69) is 25.3 Å². The lowest BCUT2D eigenvalue weighted by molar-refractivity contribution is -0.000550. The molecule has 2 aliphatic rings. The first-order valence-electron chi connectivity index (χ1n) is 14.0. The fourth-order valence-electron chi connectivity index (χ4n) is 5.37. The standard InChI is InChI=1S/C27H29F2N9O4S.ClH/c28-17-12-18(29)21(42-15-16-14-31-3-11-40-16)13-19(17)36-7-4-35(5-8-36)6-9-37-24-22(43-27(37)39)25-32-23(20-2-1-10-41-20)34-38(25)26(30)33-24;/h1-2,10,12-13,16,31H,3-9,11,14-15H2,(H2,30,33);1H. The van der Waals surface area contributed by atoms with E-state index in [0.717, 1.165) is 23.9 Å². The Kier molecular flexibility index (Phi) is 8.68. The number of benzene rings is 1. The van der Waals surface area contributed by atoms with Crippen LogP contribution in [0, 0.1) is 11.6 Å². The third-order valence-electron chi connectivity index (χ3n) is 7.64. The van der Waals surface area contributed by atoms with E-state index in [0.29, 0.717) is 85.7 Å². The Bertz CT molecular complexity index is 1820. The van der Waals surface area contributed by atoms with Crippen LogP contribution >= 0.6 is 23.7 Å². The second-order valence-corrected chi connectivity index (χ2v) is 11.3. The van der Waals surface area contributed by atoms with Gasteiger partial charge in [-0.1, -0.05) is 11.3 Å². The van der Waals surface area contributed by atoms with Crippen LogP contribution in [0.4, 0.5) is 20.4 Å². The normalized spacial score (nSPS) is 17.8. The van der Waals surface area contributed by atoms with E-state index >= 15 is 0 Å². The maximum atomic E-state index is 14.8. The fraction of sp³-hybridized carbons (Fsp3) is 0.407. The molecule has 13 nitrogen and oxygen atoms in total. The number of piperazine rings is 1. The van der Waals surface area contributed by atoms with Gasteiger partial charge < -0.3 is 29.8 Å². The number of hydrogen-bond donors (Lipinski definition) is 2. The first-order valence-corrected chi connectivity index (χ1v) is 14.8. The summed E-state index contributed by atoms with van der Waals surface area (Å²) < 4.78 is 49.5. The lowest BCUT2D eigenvalue weighted by atomic mass is 10.2. The molecular formula is C27H30ClF2N9O4S. The highest BCUT2D eigenvalue weighted by Gasteiger charge is 2.24. The molecule has 234 valence electrons. The molecule has 1 atom stereocenters. The average Bonchev–Trinajstić information content (AvgIpc) is 3.76. The van der Waals surface area contributed by atoms with Crippen LogP contribution in [0.15, 0.2) is 39.7 Å². The van der Waals surface area contributed by atoms with E-state index in [1.54, 1.807) is 16.7 Å². The summed E-state index contributed by atoms with van der Waals surface area (Å²) in [5.41, 5.74) is 7.37. The van der Waals surface area contributed by atoms with Crippen LogP contribution in [0.3, 0.4) is 0 Å². The van der Waals surface area contributed by atoms with Crippen LogP contribution in [0.1, 0.15) is 0 Å². The Balaban J connectivity index is 0.00000343. The predicted molar refractivity (Wildman–Crippen MR) is 163 cm³/mol. The first-order chi connectivity index (χ1) is 20.9. The van der Waals surface area contributed by atoms with Gasteiger partial charge in [-0.05, 0) is 12.1 Å². The first kappa shape index (κ1) is 30.2. The third kappa shape index (κ3) is 5.82. The number of nitrogens with two attached hydrogens (primary N) is 1. The van der Waals surface area contributed by atoms with Crippen molar-refractivity contribution in [3.63, 3.8) is 0 Å². The molecule has 2 saturated heterocycles. The number of morpholine rings is 1. The van der Waals surface area contributed by atoms with Crippen molar-refractivity contribution in [3.8, 4) is 17.3 Å². The van der Waals surface area contributed by atoms with Gasteiger partial charge in [0.1, 0.15) is 23.2 Å². The Labute approximate surface area is 259 Å². The minimum atomic E-state index is -0.744. The number of rotatable bonds is 8. The largest absolute Gasteiger partial charge is 0.488 e. The Morgan fingerprint density at radius 2 is 1.95 bits per heavy atom. The zero-order valence-corrected chi connectivity index (χ0v) is 25.1. The minimum absolute atomic E-state index is 0. The molecule has 44 heavy (non-hydrogen) atoms. The quantitative estimate of drug-likeness (QED) is 0.256. The smallest absolute Gasteiger partial charge is 0.309 e. The lowest BCUT2D eigenvalue weighted by Gasteiger charge is -2.36. The van der Waals surface area contributed by atoms with Crippen LogP contribution in [0.25, 0.3) is 27.6 Å². The van der Waals surface area contributed by atoms with Crippen LogP contribution < -0.4 is 25.6 Å². The summed E-state index contributed by atoms with van der Waals surface area (Å²) >= 11 is 1.04. The summed E-state index contributed by atoms with van der Waals surface area (Å²) in [4.78, 5) is 25.9. The van der Waals surface area contributed by atoms with E-state index in [4.69, 9.17) is 19.6 Å². The molecule has 1 unspecified atom stereocenters. The van der Waals surface area contributed by atoms with Gasteiger partial charge in [-0.25, -0.2) is 13.8 Å². The third-order valence-corrected chi connectivity index (χ3v) is 8.61. The molecule has 17 heteroatoms. The van der Waals surface area contributed by atoms with E-state index in [-0.39, 0.29) is 41.7 Å².